The maximum absolute atomic E-state index is 6.45. The molecule has 8 heteroatoms. The second-order valence-corrected chi connectivity index (χ2v) is 24.4. The Morgan fingerprint density at radius 2 is 0.500 bits per heavy atom. The van der Waals surface area contributed by atoms with Gasteiger partial charge in [-0.15, -0.1) is 0 Å². The minimum absolute atomic E-state index is 0.574. The van der Waals surface area contributed by atoms with Crippen LogP contribution in [0.5, 0.6) is 34.5 Å². The number of methoxy groups -OCH3 is 4. The molecule has 0 N–H and O–H groups in total. The minimum Gasteiger partial charge on any atom is -0.493 e. The van der Waals surface area contributed by atoms with E-state index in [0.29, 0.717) is 47.7 Å². The van der Waals surface area contributed by atoms with Crippen LogP contribution in [0.1, 0.15) is 49.7 Å². The summed E-state index contributed by atoms with van der Waals surface area (Å²) < 4.78 is 36.9. The Hall–Kier alpha value is -6.58. The lowest BCUT2D eigenvalue weighted by Crippen LogP contribution is -2.32. The van der Waals surface area contributed by atoms with Crippen LogP contribution in [-0.4, -0.2) is 41.7 Å². The summed E-state index contributed by atoms with van der Waals surface area (Å²) in [6.07, 6.45) is 7.80. The van der Waals surface area contributed by atoms with Gasteiger partial charge in [-0.1, -0.05) is 135 Å². The van der Waals surface area contributed by atoms with E-state index in [0.717, 1.165) is 62.0 Å². The summed E-state index contributed by atoms with van der Waals surface area (Å²) >= 11 is 0. The van der Waals surface area contributed by atoms with Crippen molar-refractivity contribution in [3.05, 3.63) is 217 Å². The highest BCUT2D eigenvalue weighted by Gasteiger charge is 2.47. The zero-order chi connectivity index (χ0) is 48.4. The minimum atomic E-state index is -2.12. The molecule has 0 heterocycles. The third-order valence-electron chi connectivity index (χ3n) is 13.1. The number of hydrogen-bond acceptors (Lipinski definition) is 6. The lowest BCUT2D eigenvalue weighted by atomic mass is 10.1. The lowest BCUT2D eigenvalue weighted by Gasteiger charge is -2.28. The molecule has 0 saturated carbocycles. The predicted octanol–water partition coefficient (Wildman–Crippen LogP) is 12.5. The SMILES string of the molecule is COc1cc(C[P+](c2ccccc2)(c2ccccc2)c2ccccc2)cc(OC)c1OCCCCCCCCOc1c(OC)cc(C[P+](c2ccccc2)(c2ccccc2)c2ccccc2)cc1OC. The summed E-state index contributed by atoms with van der Waals surface area (Å²) in [6.45, 7) is 1.15. The molecule has 6 nitrogen and oxygen atoms in total. The van der Waals surface area contributed by atoms with Crippen LogP contribution in [0.25, 0.3) is 0 Å². The highest BCUT2D eigenvalue weighted by Crippen LogP contribution is 2.60. The smallest absolute Gasteiger partial charge is 0.203 e. The van der Waals surface area contributed by atoms with E-state index < -0.39 is 14.5 Å². The fraction of sp³-hybridized carbons (Fsp3) is 0.226. The van der Waals surface area contributed by atoms with Gasteiger partial charge in [-0.3, -0.25) is 0 Å². The van der Waals surface area contributed by atoms with E-state index in [9.17, 15) is 0 Å². The van der Waals surface area contributed by atoms with Gasteiger partial charge in [0.05, 0.1) is 54.0 Å². The Balaban J connectivity index is 0.868. The van der Waals surface area contributed by atoms with Crippen LogP contribution in [-0.2, 0) is 12.3 Å². The number of benzene rings is 8. The monoisotopic (exact) mass is 968 g/mol. The highest BCUT2D eigenvalue weighted by molar-refractivity contribution is 7.95. The molecule has 8 aromatic rings. The van der Waals surface area contributed by atoms with E-state index in [4.69, 9.17) is 28.4 Å². The molecule has 0 aliphatic carbocycles. The first kappa shape index (κ1) is 49.8. The summed E-state index contributed by atoms with van der Waals surface area (Å²) in [4.78, 5) is 0. The maximum Gasteiger partial charge on any atom is 0.203 e. The Morgan fingerprint density at radius 3 is 0.714 bits per heavy atom. The number of rotatable bonds is 25. The van der Waals surface area contributed by atoms with E-state index in [1.54, 1.807) is 28.4 Å². The van der Waals surface area contributed by atoms with Crippen molar-refractivity contribution in [2.45, 2.75) is 50.8 Å². The van der Waals surface area contributed by atoms with Gasteiger partial charge in [-0.2, -0.15) is 0 Å². The first-order chi connectivity index (χ1) is 34.5. The second-order valence-electron chi connectivity index (χ2n) is 17.4. The summed E-state index contributed by atoms with van der Waals surface area (Å²) in [6, 6.07) is 74.2. The van der Waals surface area contributed by atoms with Crippen molar-refractivity contribution < 1.29 is 28.4 Å². The van der Waals surface area contributed by atoms with Gasteiger partial charge in [0.25, 0.3) is 0 Å². The molecule has 0 saturated heterocycles. The molecular weight excluding hydrogens is 903 g/mol. The molecule has 358 valence electrons. The summed E-state index contributed by atoms with van der Waals surface area (Å²) in [5.41, 5.74) is 2.27. The maximum atomic E-state index is 6.45. The van der Waals surface area contributed by atoms with Gasteiger partial charge in [0.15, 0.2) is 23.0 Å². The van der Waals surface area contributed by atoms with Crippen molar-refractivity contribution >= 4 is 46.4 Å². The summed E-state index contributed by atoms with van der Waals surface area (Å²) in [7, 11) is 2.59. The van der Waals surface area contributed by atoms with E-state index in [1.165, 1.54) is 31.8 Å². The summed E-state index contributed by atoms with van der Waals surface area (Å²) in [5.74, 6) is 4.04. The Bertz CT molecular complexity index is 2370. The van der Waals surface area contributed by atoms with Crippen molar-refractivity contribution in [3.63, 3.8) is 0 Å². The fourth-order valence-electron chi connectivity index (χ4n) is 9.68. The Kier molecular flexibility index (Phi) is 17.7. The Labute approximate surface area is 417 Å². The molecule has 0 bridgehead atoms. The highest BCUT2D eigenvalue weighted by atomic mass is 31.2. The van der Waals surface area contributed by atoms with Crippen LogP contribution >= 0.6 is 14.5 Å². The van der Waals surface area contributed by atoms with Crippen LogP contribution in [0.3, 0.4) is 0 Å². The fourth-order valence-corrected chi connectivity index (χ4v) is 18.1. The lowest BCUT2D eigenvalue weighted by molar-refractivity contribution is 0.262. The van der Waals surface area contributed by atoms with Crippen LogP contribution in [0.4, 0.5) is 0 Å². The molecule has 0 aromatic heterocycles. The predicted molar refractivity (Wildman–Crippen MR) is 295 cm³/mol. The van der Waals surface area contributed by atoms with Crippen molar-refractivity contribution in [2.75, 3.05) is 41.7 Å². The van der Waals surface area contributed by atoms with Crippen molar-refractivity contribution in [2.24, 2.45) is 0 Å². The van der Waals surface area contributed by atoms with Gasteiger partial charge in [0.2, 0.25) is 11.5 Å². The van der Waals surface area contributed by atoms with Crippen LogP contribution in [0.2, 0.25) is 0 Å². The van der Waals surface area contributed by atoms with E-state index in [-0.39, 0.29) is 0 Å². The van der Waals surface area contributed by atoms with Gasteiger partial charge < -0.3 is 28.4 Å². The van der Waals surface area contributed by atoms with Gasteiger partial charge in [-0.25, -0.2) is 0 Å². The first-order valence-corrected chi connectivity index (χ1v) is 28.3. The molecule has 8 rings (SSSR count). The molecule has 0 spiro atoms. The molecule has 0 aliphatic heterocycles. The van der Waals surface area contributed by atoms with E-state index >= 15 is 0 Å². The molecule has 0 radical (unpaired) electrons. The van der Waals surface area contributed by atoms with E-state index in [1.807, 2.05) is 0 Å². The van der Waals surface area contributed by atoms with Gasteiger partial charge in [0, 0.05) is 0 Å². The van der Waals surface area contributed by atoms with Crippen molar-refractivity contribution in [1.29, 1.82) is 0 Å². The zero-order valence-corrected chi connectivity index (χ0v) is 42.8. The third kappa shape index (κ3) is 11.4. The molecular formula is C62H66O6P2+2. The summed E-state index contributed by atoms with van der Waals surface area (Å²) in [5, 5.41) is 7.97. The topological polar surface area (TPSA) is 55.4 Å². The van der Waals surface area contributed by atoms with Gasteiger partial charge in [0.1, 0.15) is 46.4 Å². The molecule has 0 unspecified atom stereocenters. The van der Waals surface area contributed by atoms with Crippen LogP contribution in [0.15, 0.2) is 206 Å². The molecule has 70 heavy (non-hydrogen) atoms. The number of hydrogen-bond donors (Lipinski definition) is 0. The number of unbranched alkanes of at least 4 members (excludes halogenated alkanes) is 5. The molecule has 0 fully saturated rings. The molecule has 0 amide bonds. The molecule has 0 aliphatic rings. The standard InChI is InChI=1S/C62H66O6P2/c1-63-57-43-49(47-69(51-29-15-9-16-30-51,52-31-17-10-18-32-52)53-33-19-11-20-34-53)44-58(64-2)61(57)67-41-27-7-5-6-8-28-42-68-62-59(65-3)45-50(46-60(62)66-4)48-70(54-35-21-12-22-36-54,55-37-23-13-24-38-55)56-39-25-14-26-40-56/h9-26,29-40,43-46H,5-8,27-28,41-42,47-48H2,1-4H3/q+2. The molecule has 8 aromatic carbocycles. The van der Waals surface area contributed by atoms with Crippen molar-refractivity contribution in [3.8, 4) is 34.5 Å². The van der Waals surface area contributed by atoms with Crippen LogP contribution < -0.4 is 60.2 Å². The molecule has 0 atom stereocenters. The van der Waals surface area contributed by atoms with Crippen LogP contribution in [0, 0.1) is 0 Å². The average molecular weight is 969 g/mol. The third-order valence-corrected chi connectivity index (χ3v) is 21.9. The normalized spacial score (nSPS) is 11.4. The van der Waals surface area contributed by atoms with Gasteiger partial charge in [-0.05, 0) is 121 Å². The quantitative estimate of drug-likeness (QED) is 0.0420. The Morgan fingerprint density at radius 1 is 0.286 bits per heavy atom. The average Bonchev–Trinajstić information content (AvgIpc) is 3.43. The van der Waals surface area contributed by atoms with Crippen molar-refractivity contribution in [1.82, 2.24) is 0 Å². The van der Waals surface area contributed by atoms with E-state index in [2.05, 4.69) is 206 Å². The zero-order valence-electron chi connectivity index (χ0n) is 41.0. The second kappa shape index (κ2) is 24.8. The largest absolute Gasteiger partial charge is 0.493 e. The van der Waals surface area contributed by atoms with Gasteiger partial charge >= 0.3 is 0 Å². The number of ether oxygens (including phenoxy) is 6. The first-order valence-electron chi connectivity index (χ1n) is 24.4.